The fourth-order valence-electron chi connectivity index (χ4n) is 3.12. The molecular formula is C24H26N4O4S. The van der Waals surface area contributed by atoms with Gasteiger partial charge in [0.05, 0.1) is 18.0 Å². The van der Waals surface area contributed by atoms with Crippen molar-refractivity contribution >= 4 is 46.5 Å². The van der Waals surface area contributed by atoms with E-state index in [1.54, 1.807) is 37.3 Å². The molecule has 172 valence electrons. The molecule has 2 aromatic carbocycles. The SMILES string of the molecule is COc1cccc(N2C(=O)/C(=C\c3ccc(C(C)C)cc3)N=C2S[C@H](C)C(=O)NC(N)=O)c1. The van der Waals surface area contributed by atoms with E-state index in [9.17, 15) is 14.4 Å². The zero-order valence-corrected chi connectivity index (χ0v) is 19.7. The highest BCUT2D eigenvalue weighted by Crippen LogP contribution is 2.33. The van der Waals surface area contributed by atoms with Gasteiger partial charge in [0.1, 0.15) is 11.4 Å². The van der Waals surface area contributed by atoms with Crippen LogP contribution in [-0.2, 0) is 9.59 Å². The van der Waals surface area contributed by atoms with Gasteiger partial charge in [0.25, 0.3) is 5.91 Å². The van der Waals surface area contributed by atoms with Crippen molar-refractivity contribution in [3.05, 3.63) is 65.4 Å². The highest BCUT2D eigenvalue weighted by atomic mass is 32.2. The van der Waals surface area contributed by atoms with Gasteiger partial charge in [0.15, 0.2) is 5.17 Å². The fourth-order valence-corrected chi connectivity index (χ4v) is 4.05. The molecule has 2 aromatic rings. The monoisotopic (exact) mass is 466 g/mol. The predicted octanol–water partition coefficient (Wildman–Crippen LogP) is 3.88. The second-order valence-corrected chi connectivity index (χ2v) is 9.01. The summed E-state index contributed by atoms with van der Waals surface area (Å²) in [5, 5.41) is 1.64. The minimum Gasteiger partial charge on any atom is -0.497 e. The number of carbonyl (C=O) groups excluding carboxylic acids is 3. The van der Waals surface area contributed by atoms with Crippen molar-refractivity contribution in [2.75, 3.05) is 12.0 Å². The van der Waals surface area contributed by atoms with E-state index in [-0.39, 0.29) is 11.6 Å². The summed E-state index contributed by atoms with van der Waals surface area (Å²) in [5.41, 5.74) is 7.87. The third-order valence-electron chi connectivity index (χ3n) is 4.95. The number of aliphatic imine (C=N–C) groups is 1. The number of imide groups is 1. The highest BCUT2D eigenvalue weighted by molar-refractivity contribution is 8.15. The van der Waals surface area contributed by atoms with Crippen LogP contribution in [0.25, 0.3) is 6.08 Å². The summed E-state index contributed by atoms with van der Waals surface area (Å²) in [7, 11) is 1.54. The van der Waals surface area contributed by atoms with Gasteiger partial charge in [-0.1, -0.05) is 55.9 Å². The van der Waals surface area contributed by atoms with Gasteiger partial charge in [-0.2, -0.15) is 0 Å². The molecule has 33 heavy (non-hydrogen) atoms. The molecule has 0 bridgehead atoms. The summed E-state index contributed by atoms with van der Waals surface area (Å²) in [5.74, 6) is 0.0689. The summed E-state index contributed by atoms with van der Waals surface area (Å²) in [6, 6.07) is 14.0. The molecule has 9 heteroatoms. The van der Waals surface area contributed by atoms with E-state index in [4.69, 9.17) is 10.5 Å². The molecule has 0 unspecified atom stereocenters. The first-order valence-corrected chi connectivity index (χ1v) is 11.2. The third-order valence-corrected chi connectivity index (χ3v) is 6.00. The maximum atomic E-state index is 13.3. The fraction of sp³-hybridized carbons (Fsp3) is 0.250. The van der Waals surface area contributed by atoms with Crippen LogP contribution in [0.2, 0.25) is 0 Å². The van der Waals surface area contributed by atoms with Gasteiger partial charge in [-0.15, -0.1) is 0 Å². The molecule has 0 saturated heterocycles. The molecule has 8 nitrogen and oxygen atoms in total. The Kier molecular flexibility index (Phi) is 7.55. The van der Waals surface area contributed by atoms with Gasteiger partial charge in [0.2, 0.25) is 5.91 Å². The van der Waals surface area contributed by atoms with Crippen LogP contribution in [-0.4, -0.2) is 35.4 Å². The summed E-state index contributed by atoms with van der Waals surface area (Å²) in [6.07, 6.45) is 1.71. The van der Waals surface area contributed by atoms with E-state index < -0.39 is 17.2 Å². The van der Waals surface area contributed by atoms with Crippen molar-refractivity contribution in [3.8, 4) is 5.75 Å². The van der Waals surface area contributed by atoms with Crippen molar-refractivity contribution in [2.45, 2.75) is 31.9 Å². The molecular weight excluding hydrogens is 440 g/mol. The smallest absolute Gasteiger partial charge is 0.318 e. The van der Waals surface area contributed by atoms with Crippen LogP contribution < -0.4 is 20.7 Å². The number of carbonyl (C=O) groups is 3. The van der Waals surface area contributed by atoms with Gasteiger partial charge < -0.3 is 10.5 Å². The van der Waals surface area contributed by atoms with Crippen molar-refractivity contribution in [2.24, 2.45) is 10.7 Å². The van der Waals surface area contributed by atoms with Gasteiger partial charge in [-0.05, 0) is 42.2 Å². The van der Waals surface area contributed by atoms with E-state index >= 15 is 0 Å². The van der Waals surface area contributed by atoms with Gasteiger partial charge in [0, 0.05) is 6.07 Å². The molecule has 1 atom stereocenters. The molecule has 0 aliphatic carbocycles. The first-order chi connectivity index (χ1) is 15.7. The topological polar surface area (TPSA) is 114 Å². The van der Waals surface area contributed by atoms with E-state index in [0.29, 0.717) is 22.5 Å². The lowest BCUT2D eigenvalue weighted by atomic mass is 10.0. The van der Waals surface area contributed by atoms with E-state index in [0.717, 1.165) is 17.3 Å². The molecule has 0 spiro atoms. The number of hydrogen-bond acceptors (Lipinski definition) is 6. The molecule has 0 aromatic heterocycles. The Hall–Kier alpha value is -3.59. The number of nitrogens with zero attached hydrogens (tertiary/aromatic N) is 2. The van der Waals surface area contributed by atoms with Crippen molar-refractivity contribution < 1.29 is 19.1 Å². The number of anilines is 1. The van der Waals surface area contributed by atoms with E-state index in [2.05, 4.69) is 24.2 Å². The quantitative estimate of drug-likeness (QED) is 0.627. The summed E-state index contributed by atoms with van der Waals surface area (Å²) >= 11 is 1.05. The Labute approximate surface area is 196 Å². The van der Waals surface area contributed by atoms with Crippen LogP contribution in [0.1, 0.15) is 37.8 Å². The molecule has 1 aliphatic heterocycles. The summed E-state index contributed by atoms with van der Waals surface area (Å²) < 4.78 is 5.29. The van der Waals surface area contributed by atoms with Gasteiger partial charge >= 0.3 is 6.03 Å². The molecule has 0 saturated carbocycles. The molecule has 4 amide bonds. The van der Waals surface area contributed by atoms with Crippen LogP contribution >= 0.6 is 11.8 Å². The Morgan fingerprint density at radius 2 is 1.85 bits per heavy atom. The Morgan fingerprint density at radius 1 is 1.15 bits per heavy atom. The zero-order valence-electron chi connectivity index (χ0n) is 18.9. The molecule has 3 rings (SSSR count). The lowest BCUT2D eigenvalue weighted by Crippen LogP contribution is -2.41. The average molecular weight is 467 g/mol. The number of urea groups is 1. The molecule has 0 fully saturated rings. The number of amides is 4. The largest absolute Gasteiger partial charge is 0.497 e. The minimum absolute atomic E-state index is 0.236. The zero-order chi connectivity index (χ0) is 24.1. The standard InChI is InChI=1S/C24H26N4O4S/c1-14(2)17-10-8-16(9-11-17)12-20-22(30)28(18-6-5-7-19(13-18)32-4)24(26-20)33-15(3)21(29)27-23(25)31/h5-15H,1-4H3,(H3,25,27,29,31)/b20-12+/t15-/m1/s1. The number of amidine groups is 1. The molecule has 0 radical (unpaired) electrons. The number of rotatable bonds is 6. The minimum atomic E-state index is -0.938. The number of nitrogens with one attached hydrogen (secondary N) is 1. The first kappa shape index (κ1) is 24.1. The molecule has 3 N–H and O–H groups in total. The number of thioether (sulfide) groups is 1. The molecule has 1 aliphatic rings. The van der Waals surface area contributed by atoms with Crippen molar-refractivity contribution in [1.29, 1.82) is 0 Å². The lowest BCUT2D eigenvalue weighted by Gasteiger charge is -2.20. The predicted molar refractivity (Wildman–Crippen MR) is 131 cm³/mol. The summed E-state index contributed by atoms with van der Waals surface area (Å²) in [6.45, 7) is 5.83. The number of benzene rings is 2. The van der Waals surface area contributed by atoms with Crippen molar-refractivity contribution in [1.82, 2.24) is 5.32 Å². The Bertz CT molecular complexity index is 1130. The Balaban J connectivity index is 1.96. The second-order valence-electron chi connectivity index (χ2n) is 7.70. The van der Waals surface area contributed by atoms with Crippen LogP contribution in [0.4, 0.5) is 10.5 Å². The first-order valence-electron chi connectivity index (χ1n) is 10.4. The lowest BCUT2D eigenvalue weighted by molar-refractivity contribution is -0.119. The number of primary amides is 1. The van der Waals surface area contributed by atoms with Crippen LogP contribution in [0.5, 0.6) is 5.75 Å². The van der Waals surface area contributed by atoms with Crippen LogP contribution in [0, 0.1) is 0 Å². The highest BCUT2D eigenvalue weighted by Gasteiger charge is 2.34. The number of hydrogen-bond donors (Lipinski definition) is 2. The van der Waals surface area contributed by atoms with E-state index in [1.165, 1.54) is 17.6 Å². The normalized spacial score (nSPS) is 15.5. The van der Waals surface area contributed by atoms with E-state index in [1.807, 2.05) is 24.3 Å². The van der Waals surface area contributed by atoms with Crippen LogP contribution in [0.15, 0.2) is 59.2 Å². The van der Waals surface area contributed by atoms with Crippen molar-refractivity contribution in [3.63, 3.8) is 0 Å². The number of nitrogens with two attached hydrogens (primary N) is 1. The molecule has 1 heterocycles. The van der Waals surface area contributed by atoms with Crippen LogP contribution in [0.3, 0.4) is 0 Å². The van der Waals surface area contributed by atoms with Gasteiger partial charge in [-0.25, -0.2) is 9.79 Å². The maximum Gasteiger partial charge on any atom is 0.318 e. The Morgan fingerprint density at radius 3 is 2.45 bits per heavy atom. The maximum absolute atomic E-state index is 13.3. The third kappa shape index (κ3) is 5.81. The summed E-state index contributed by atoms with van der Waals surface area (Å²) in [4.78, 5) is 42.5. The number of methoxy groups -OCH3 is 1. The number of ether oxygens (including phenoxy) is 1. The van der Waals surface area contributed by atoms with Gasteiger partial charge in [-0.3, -0.25) is 19.8 Å². The average Bonchev–Trinajstić information content (AvgIpc) is 3.08. The second kappa shape index (κ2) is 10.4.